The van der Waals surface area contributed by atoms with Gasteiger partial charge < -0.3 is 20.2 Å². The maximum atomic E-state index is 11.8. The summed E-state index contributed by atoms with van der Waals surface area (Å²) in [5, 5.41) is 24.0. The minimum absolute atomic E-state index is 0. The number of carbonyl (C=O) groups is 2. The van der Waals surface area contributed by atoms with Crippen LogP contribution in [0, 0.1) is 0 Å². The van der Waals surface area contributed by atoms with Crippen molar-refractivity contribution < 1.29 is 86.8 Å². The molecule has 1 aliphatic rings. The number of ketones is 1. The summed E-state index contributed by atoms with van der Waals surface area (Å²) in [7, 11) is -4.77. The van der Waals surface area contributed by atoms with Crippen LogP contribution in [-0.4, -0.2) is 30.4 Å². The fourth-order valence-corrected chi connectivity index (χ4v) is 4.79. The van der Waals surface area contributed by atoms with Crippen molar-refractivity contribution in [2.45, 2.75) is 4.90 Å². The van der Waals surface area contributed by atoms with Gasteiger partial charge in [0.1, 0.15) is 15.8 Å². The van der Waals surface area contributed by atoms with Gasteiger partial charge in [-0.25, -0.2) is 8.42 Å². The van der Waals surface area contributed by atoms with Crippen molar-refractivity contribution in [1.29, 1.82) is 0 Å². The molecule has 0 saturated heterocycles. The van der Waals surface area contributed by atoms with E-state index < -0.39 is 32.3 Å². The van der Waals surface area contributed by atoms with Crippen molar-refractivity contribution in [3.8, 4) is 11.1 Å². The predicted molar refractivity (Wildman–Crippen MR) is 151 cm³/mol. The number of azo groups is 1. The van der Waals surface area contributed by atoms with E-state index in [9.17, 15) is 27.7 Å². The van der Waals surface area contributed by atoms with E-state index in [0.29, 0.717) is 16.8 Å². The molecule has 0 aliphatic heterocycles. The molecule has 0 bridgehead atoms. The van der Waals surface area contributed by atoms with E-state index in [0.717, 1.165) is 29.3 Å². The number of nitrogens with two attached hydrogens (primary N) is 1. The molecule has 0 radical (unpaired) electrons. The van der Waals surface area contributed by atoms with Crippen LogP contribution >= 0.6 is 0 Å². The predicted octanol–water partition coefficient (Wildman–Crippen LogP) is -2.00. The molecule has 0 fully saturated rings. The Hall–Kier alpha value is -3.46. The molecule has 204 valence electrons. The van der Waals surface area contributed by atoms with Gasteiger partial charge in [0.15, 0.2) is 5.78 Å². The Bertz CT molecular complexity index is 1940. The number of benzene rings is 4. The van der Waals surface area contributed by atoms with E-state index in [1.165, 1.54) is 12.1 Å². The van der Waals surface area contributed by atoms with Gasteiger partial charge in [0.25, 0.3) is 0 Å². The SMILES string of the molecule is Nc1c(N=Nc2ccc(-c3ccc(N/N=C4/C=CC(=O)C(C(=O)[O-])=C4)cc3)cc2)cc(S(=O)(=O)[O-])c2ccccc12.[Na+].[Na+]. The first-order valence-corrected chi connectivity index (χ1v) is 13.4. The number of hydrazone groups is 1. The number of anilines is 2. The number of hydrogen-bond acceptors (Lipinski definition) is 11. The standard InChI is InChI=1S/C29H21N5O6S.2Na/c30-28-23-4-2-1-3-22(23)27(41(38,39)40)16-25(28)34-32-20-11-7-18(8-12-20)17-5-9-19(10-6-17)31-33-21-13-14-26(35)24(15-21)29(36)37;;/h1-16,31H,30H2,(H,36,37)(H,38,39,40);;/q;2*+1/p-2/b33-21-,34-32?;;. The zero-order valence-electron chi connectivity index (χ0n) is 23.0. The largest absolute Gasteiger partial charge is 1.00 e. The number of carbonyl (C=O) groups excluding carboxylic acids is 2. The Labute approximate surface area is 290 Å². The third-order valence-corrected chi connectivity index (χ3v) is 7.03. The van der Waals surface area contributed by atoms with Crippen molar-refractivity contribution in [2.24, 2.45) is 15.3 Å². The van der Waals surface area contributed by atoms with Crippen LogP contribution in [0.15, 0.2) is 123 Å². The van der Waals surface area contributed by atoms with E-state index in [4.69, 9.17) is 5.73 Å². The van der Waals surface area contributed by atoms with Crippen molar-refractivity contribution in [2.75, 3.05) is 11.2 Å². The monoisotopic (exact) mass is 611 g/mol. The van der Waals surface area contributed by atoms with Crippen molar-refractivity contribution in [3.63, 3.8) is 0 Å². The van der Waals surface area contributed by atoms with Crippen LogP contribution in [0.5, 0.6) is 0 Å². The Morgan fingerprint density at radius 2 is 1.44 bits per heavy atom. The smallest absolute Gasteiger partial charge is 0.744 e. The summed E-state index contributed by atoms with van der Waals surface area (Å²) in [5.41, 5.74) is 11.9. The van der Waals surface area contributed by atoms with E-state index in [1.807, 2.05) is 24.3 Å². The van der Waals surface area contributed by atoms with Gasteiger partial charge in [0.05, 0.1) is 33.6 Å². The number of rotatable bonds is 7. The molecule has 4 aromatic carbocycles. The third kappa shape index (κ3) is 7.93. The van der Waals surface area contributed by atoms with Gasteiger partial charge in [-0.15, -0.1) is 5.11 Å². The van der Waals surface area contributed by atoms with Gasteiger partial charge in [-0.1, -0.05) is 48.5 Å². The van der Waals surface area contributed by atoms with Crippen molar-refractivity contribution in [1.82, 2.24) is 0 Å². The zero-order chi connectivity index (χ0) is 29.1. The number of carboxylic acid groups (broad SMARTS) is 1. The molecule has 4 aromatic rings. The molecule has 5 rings (SSSR count). The number of carboxylic acids is 1. The molecule has 0 aromatic heterocycles. The molecule has 0 spiro atoms. The number of nitrogens with one attached hydrogen (secondary N) is 1. The van der Waals surface area contributed by atoms with E-state index in [-0.39, 0.29) is 81.6 Å². The Kier molecular flexibility index (Phi) is 11.4. The van der Waals surface area contributed by atoms with Crippen LogP contribution in [0.3, 0.4) is 0 Å². The minimum atomic E-state index is -4.77. The second kappa shape index (κ2) is 14.3. The number of nitrogen functional groups attached to an aromatic ring is 1. The molecule has 1 aliphatic carbocycles. The average Bonchev–Trinajstić information content (AvgIpc) is 2.96. The molecule has 0 unspecified atom stereocenters. The number of aliphatic carboxylic acids is 1. The van der Waals surface area contributed by atoms with Crippen LogP contribution in [0.25, 0.3) is 21.9 Å². The second-order valence-corrected chi connectivity index (χ2v) is 10.2. The Balaban J connectivity index is 0.00000253. The summed E-state index contributed by atoms with van der Waals surface area (Å²) >= 11 is 0. The summed E-state index contributed by atoms with van der Waals surface area (Å²) in [6.45, 7) is 0. The Morgan fingerprint density at radius 1 is 0.837 bits per heavy atom. The topological polar surface area (TPSA) is 190 Å². The maximum absolute atomic E-state index is 11.8. The summed E-state index contributed by atoms with van der Waals surface area (Å²) in [4.78, 5) is 22.2. The zero-order valence-corrected chi connectivity index (χ0v) is 27.8. The molecule has 0 atom stereocenters. The Morgan fingerprint density at radius 3 is 2.05 bits per heavy atom. The number of fused-ring (bicyclic) bond motifs is 1. The van der Waals surface area contributed by atoms with Gasteiger partial charge >= 0.3 is 59.1 Å². The van der Waals surface area contributed by atoms with Gasteiger partial charge in [0.2, 0.25) is 0 Å². The molecule has 43 heavy (non-hydrogen) atoms. The van der Waals surface area contributed by atoms with Crippen LogP contribution in [-0.2, 0) is 19.7 Å². The summed E-state index contributed by atoms with van der Waals surface area (Å²) in [5.74, 6) is -2.21. The molecule has 0 heterocycles. The molecule has 0 saturated carbocycles. The molecular formula is C29H19N5Na2O6S. The van der Waals surface area contributed by atoms with E-state index in [1.54, 1.807) is 42.5 Å². The first-order chi connectivity index (χ1) is 19.6. The van der Waals surface area contributed by atoms with Crippen LogP contribution < -0.4 is 75.4 Å². The fourth-order valence-electron chi connectivity index (χ4n) is 4.09. The second-order valence-electron chi connectivity index (χ2n) is 8.82. The summed E-state index contributed by atoms with van der Waals surface area (Å²) in [6, 6.07) is 21.9. The normalized spacial score (nSPS) is 13.8. The molecule has 0 amide bonds. The third-order valence-electron chi connectivity index (χ3n) is 6.15. The van der Waals surface area contributed by atoms with Crippen LogP contribution in [0.4, 0.5) is 22.7 Å². The van der Waals surface area contributed by atoms with Gasteiger partial charge in [-0.2, -0.15) is 10.2 Å². The fraction of sp³-hybridized carbons (Fsp3) is 0. The van der Waals surface area contributed by atoms with Crippen LogP contribution in [0.2, 0.25) is 0 Å². The molecule has 3 N–H and O–H groups in total. The van der Waals surface area contributed by atoms with E-state index in [2.05, 4.69) is 20.8 Å². The minimum Gasteiger partial charge on any atom is -0.744 e. The first-order valence-electron chi connectivity index (χ1n) is 12.0. The number of allylic oxidation sites excluding steroid dienone is 3. The van der Waals surface area contributed by atoms with Crippen molar-refractivity contribution >= 4 is 61.1 Å². The quantitative estimate of drug-likeness (QED) is 0.0456. The molecule has 11 nitrogen and oxygen atoms in total. The first kappa shape index (κ1) is 34.0. The van der Waals surface area contributed by atoms with Crippen LogP contribution in [0.1, 0.15) is 0 Å². The average molecular weight is 612 g/mol. The van der Waals surface area contributed by atoms with Gasteiger partial charge in [-0.05, 0) is 59.7 Å². The number of hydrogen-bond donors (Lipinski definition) is 2. The summed E-state index contributed by atoms with van der Waals surface area (Å²) in [6.07, 6.45) is 3.65. The summed E-state index contributed by atoms with van der Waals surface area (Å²) < 4.78 is 35.4. The van der Waals surface area contributed by atoms with E-state index >= 15 is 0 Å². The van der Waals surface area contributed by atoms with Gasteiger partial charge in [0, 0.05) is 16.3 Å². The van der Waals surface area contributed by atoms with Gasteiger partial charge in [-0.3, -0.25) is 10.2 Å². The molecular weight excluding hydrogens is 592 g/mol. The maximum Gasteiger partial charge on any atom is 1.00 e. The number of nitrogens with zero attached hydrogens (tertiary/aromatic N) is 3. The molecule has 14 heteroatoms. The van der Waals surface area contributed by atoms with Crippen molar-refractivity contribution in [3.05, 3.63) is 103 Å².